The normalized spacial score (nSPS) is 22.9. The van der Waals surface area contributed by atoms with Crippen LogP contribution in [0, 0.1) is 11.2 Å². The van der Waals surface area contributed by atoms with E-state index in [1.165, 1.54) is 19.1 Å². The van der Waals surface area contributed by atoms with Gasteiger partial charge in [0.2, 0.25) is 0 Å². The minimum atomic E-state index is -1.11. The van der Waals surface area contributed by atoms with E-state index >= 15 is 0 Å². The van der Waals surface area contributed by atoms with Gasteiger partial charge in [0.1, 0.15) is 17.0 Å². The van der Waals surface area contributed by atoms with Gasteiger partial charge in [-0.1, -0.05) is 22.0 Å². The van der Waals surface area contributed by atoms with Gasteiger partial charge in [0, 0.05) is 10.9 Å². The molecule has 0 aliphatic carbocycles. The van der Waals surface area contributed by atoms with Gasteiger partial charge in [-0.3, -0.25) is 9.59 Å². The SMILES string of the molecule is CC(=O)C1(Cc2ccc(F)cc2Br)CCOC1=O. The number of esters is 1. The Bertz CT molecular complexity index is 515. The van der Waals surface area contributed by atoms with E-state index in [-0.39, 0.29) is 24.6 Å². The molecule has 1 unspecified atom stereocenters. The minimum Gasteiger partial charge on any atom is -0.465 e. The summed E-state index contributed by atoms with van der Waals surface area (Å²) in [6.07, 6.45) is 0.618. The number of carbonyl (C=O) groups excluding carboxylic acids is 2. The van der Waals surface area contributed by atoms with Crippen LogP contribution in [0.3, 0.4) is 0 Å². The number of hydrogen-bond acceptors (Lipinski definition) is 3. The first-order valence-electron chi connectivity index (χ1n) is 5.58. The fourth-order valence-corrected chi connectivity index (χ4v) is 2.64. The van der Waals surface area contributed by atoms with Crippen LogP contribution in [0.5, 0.6) is 0 Å². The number of ether oxygens (including phenoxy) is 1. The maximum atomic E-state index is 13.0. The third kappa shape index (κ3) is 2.19. The summed E-state index contributed by atoms with van der Waals surface area (Å²) in [5.41, 5.74) is -0.383. The lowest BCUT2D eigenvalue weighted by atomic mass is 9.77. The third-order valence-electron chi connectivity index (χ3n) is 3.33. The Morgan fingerprint density at radius 2 is 2.28 bits per heavy atom. The Labute approximate surface area is 112 Å². The highest BCUT2D eigenvalue weighted by molar-refractivity contribution is 9.10. The van der Waals surface area contributed by atoms with Crippen molar-refractivity contribution in [2.45, 2.75) is 19.8 Å². The Balaban J connectivity index is 2.36. The van der Waals surface area contributed by atoms with Gasteiger partial charge < -0.3 is 4.74 Å². The van der Waals surface area contributed by atoms with Crippen LogP contribution in [-0.2, 0) is 20.7 Å². The smallest absolute Gasteiger partial charge is 0.320 e. The Hall–Kier alpha value is -1.23. The van der Waals surface area contributed by atoms with Crippen LogP contribution in [0.4, 0.5) is 4.39 Å². The number of benzene rings is 1. The second-order valence-corrected chi connectivity index (χ2v) is 5.29. The Morgan fingerprint density at radius 1 is 1.56 bits per heavy atom. The molecule has 0 N–H and O–H groups in total. The zero-order valence-electron chi connectivity index (χ0n) is 9.83. The molecule has 0 spiro atoms. The lowest BCUT2D eigenvalue weighted by molar-refractivity contribution is -0.150. The first kappa shape index (κ1) is 13.2. The summed E-state index contributed by atoms with van der Waals surface area (Å²) in [7, 11) is 0. The molecule has 1 aliphatic rings. The van der Waals surface area contributed by atoms with E-state index in [1.807, 2.05) is 0 Å². The summed E-state index contributed by atoms with van der Waals surface area (Å²) in [6, 6.07) is 4.22. The van der Waals surface area contributed by atoms with Gasteiger partial charge in [-0.15, -0.1) is 0 Å². The number of ketones is 1. The maximum Gasteiger partial charge on any atom is 0.320 e. The molecular formula is C13H12BrFO3. The number of halogens is 2. The van der Waals surface area contributed by atoms with Crippen molar-refractivity contribution in [3.8, 4) is 0 Å². The molecule has 0 saturated carbocycles. The van der Waals surface area contributed by atoms with E-state index in [9.17, 15) is 14.0 Å². The maximum absolute atomic E-state index is 13.0. The highest BCUT2D eigenvalue weighted by Crippen LogP contribution is 2.36. The summed E-state index contributed by atoms with van der Waals surface area (Å²) >= 11 is 3.24. The predicted octanol–water partition coefficient (Wildman–Crippen LogP) is 2.65. The number of hydrogen-bond donors (Lipinski definition) is 0. The molecule has 0 radical (unpaired) electrons. The molecular weight excluding hydrogens is 303 g/mol. The van der Waals surface area contributed by atoms with Crippen molar-refractivity contribution in [2.75, 3.05) is 6.61 Å². The van der Waals surface area contributed by atoms with Crippen LogP contribution >= 0.6 is 15.9 Å². The molecule has 5 heteroatoms. The molecule has 1 heterocycles. The van der Waals surface area contributed by atoms with Gasteiger partial charge in [0.15, 0.2) is 0 Å². The van der Waals surface area contributed by atoms with Crippen molar-refractivity contribution in [2.24, 2.45) is 5.41 Å². The van der Waals surface area contributed by atoms with Crippen LogP contribution in [0.25, 0.3) is 0 Å². The second-order valence-electron chi connectivity index (χ2n) is 4.44. The van der Waals surface area contributed by atoms with Gasteiger partial charge in [0.05, 0.1) is 6.61 Å². The fourth-order valence-electron chi connectivity index (χ4n) is 2.15. The second kappa shape index (κ2) is 4.80. The van der Waals surface area contributed by atoms with Crippen molar-refractivity contribution in [3.63, 3.8) is 0 Å². The standard InChI is InChI=1S/C13H12BrFO3/c1-8(16)13(4-5-18-12(13)17)7-9-2-3-10(15)6-11(9)14/h2-3,6H,4-5,7H2,1H3. The molecule has 1 aliphatic heterocycles. The van der Waals surface area contributed by atoms with Crippen LogP contribution in [0.1, 0.15) is 18.9 Å². The third-order valence-corrected chi connectivity index (χ3v) is 4.07. The zero-order valence-corrected chi connectivity index (χ0v) is 11.4. The molecule has 2 rings (SSSR count). The van der Waals surface area contributed by atoms with Gasteiger partial charge >= 0.3 is 5.97 Å². The molecule has 1 fully saturated rings. The van der Waals surface area contributed by atoms with E-state index in [0.29, 0.717) is 10.9 Å². The molecule has 1 aromatic rings. The average molecular weight is 315 g/mol. The molecule has 1 aromatic carbocycles. The van der Waals surface area contributed by atoms with Gasteiger partial charge in [-0.25, -0.2) is 4.39 Å². The predicted molar refractivity (Wildman–Crippen MR) is 66.5 cm³/mol. The molecule has 0 bridgehead atoms. The lowest BCUT2D eigenvalue weighted by Crippen LogP contribution is -2.36. The van der Waals surface area contributed by atoms with Gasteiger partial charge in [-0.05, 0) is 31.0 Å². The summed E-state index contributed by atoms with van der Waals surface area (Å²) in [4.78, 5) is 23.6. The number of carbonyl (C=O) groups is 2. The van der Waals surface area contributed by atoms with Crippen LogP contribution in [0.2, 0.25) is 0 Å². The molecule has 96 valence electrons. The van der Waals surface area contributed by atoms with E-state index in [4.69, 9.17) is 4.74 Å². The van der Waals surface area contributed by atoms with E-state index in [2.05, 4.69) is 15.9 Å². The van der Waals surface area contributed by atoms with Crippen LogP contribution < -0.4 is 0 Å². The molecule has 3 nitrogen and oxygen atoms in total. The monoisotopic (exact) mass is 314 g/mol. The highest BCUT2D eigenvalue weighted by Gasteiger charge is 2.48. The van der Waals surface area contributed by atoms with Gasteiger partial charge in [-0.2, -0.15) is 0 Å². The van der Waals surface area contributed by atoms with E-state index in [0.717, 1.165) is 5.56 Å². The number of rotatable bonds is 3. The van der Waals surface area contributed by atoms with E-state index in [1.54, 1.807) is 6.07 Å². The molecule has 1 atom stereocenters. The number of cyclic esters (lactones) is 1. The summed E-state index contributed by atoms with van der Waals surface area (Å²) in [6.45, 7) is 1.65. The van der Waals surface area contributed by atoms with Crippen molar-refractivity contribution in [1.29, 1.82) is 0 Å². The first-order valence-corrected chi connectivity index (χ1v) is 6.37. The van der Waals surface area contributed by atoms with Crippen molar-refractivity contribution in [3.05, 3.63) is 34.1 Å². The van der Waals surface area contributed by atoms with Gasteiger partial charge in [0.25, 0.3) is 0 Å². The largest absolute Gasteiger partial charge is 0.465 e. The summed E-state index contributed by atoms with van der Waals surface area (Å²) in [5.74, 6) is -1.05. The van der Waals surface area contributed by atoms with Crippen molar-refractivity contribution in [1.82, 2.24) is 0 Å². The van der Waals surface area contributed by atoms with E-state index < -0.39 is 11.4 Å². The van der Waals surface area contributed by atoms with Crippen LogP contribution in [-0.4, -0.2) is 18.4 Å². The summed E-state index contributed by atoms with van der Waals surface area (Å²) in [5, 5.41) is 0. The Morgan fingerprint density at radius 3 is 2.78 bits per heavy atom. The lowest BCUT2D eigenvalue weighted by Gasteiger charge is -2.21. The molecule has 0 amide bonds. The summed E-state index contributed by atoms with van der Waals surface area (Å²) < 4.78 is 18.5. The quantitative estimate of drug-likeness (QED) is 0.636. The number of Topliss-reactive ketones (excluding diaryl/α,β-unsaturated/α-hetero) is 1. The zero-order chi connectivity index (χ0) is 13.3. The van der Waals surface area contributed by atoms with Crippen molar-refractivity contribution < 1.29 is 18.7 Å². The topological polar surface area (TPSA) is 43.4 Å². The van der Waals surface area contributed by atoms with Crippen molar-refractivity contribution >= 4 is 27.7 Å². The van der Waals surface area contributed by atoms with Crippen LogP contribution in [0.15, 0.2) is 22.7 Å². The fraction of sp³-hybridized carbons (Fsp3) is 0.385. The highest BCUT2D eigenvalue weighted by atomic mass is 79.9. The first-order chi connectivity index (χ1) is 8.45. The average Bonchev–Trinajstić information content (AvgIpc) is 2.65. The molecule has 0 aromatic heterocycles. The molecule has 18 heavy (non-hydrogen) atoms. The Kier molecular flexibility index (Phi) is 3.52. The minimum absolute atomic E-state index is 0.207. The molecule has 1 saturated heterocycles.